The Balaban J connectivity index is 2.10. The SMILES string of the molecule is CNc1cc(C2CC2)nc(-c2ccc(Cl)cc2C)n1. The fraction of sp³-hybridized carbons (Fsp3) is 0.333. The molecule has 1 aromatic heterocycles. The number of aryl methyl sites for hydroxylation is 1. The van der Waals surface area contributed by atoms with Gasteiger partial charge < -0.3 is 5.32 Å². The Bertz CT molecular complexity index is 621. The Morgan fingerprint density at radius 1 is 1.21 bits per heavy atom. The molecule has 1 N–H and O–H groups in total. The van der Waals surface area contributed by atoms with Crippen molar-refractivity contribution in [2.24, 2.45) is 0 Å². The Morgan fingerprint density at radius 3 is 2.63 bits per heavy atom. The standard InChI is InChI=1S/C15H16ClN3/c1-9-7-11(16)5-6-12(9)15-18-13(10-3-4-10)8-14(17-2)19-15/h5-8,10H,3-4H2,1-2H3,(H,17,18,19). The first kappa shape index (κ1) is 12.4. The summed E-state index contributed by atoms with van der Waals surface area (Å²) in [4.78, 5) is 9.27. The second-order valence-corrected chi connectivity index (χ2v) is 5.42. The maximum atomic E-state index is 6.00. The van der Waals surface area contributed by atoms with Crippen molar-refractivity contribution in [3.8, 4) is 11.4 Å². The Kier molecular flexibility index (Phi) is 3.15. The second kappa shape index (κ2) is 4.82. The average Bonchev–Trinajstić information content (AvgIpc) is 3.22. The molecule has 0 saturated heterocycles. The molecule has 3 nitrogen and oxygen atoms in total. The molecular formula is C15H16ClN3. The van der Waals surface area contributed by atoms with Gasteiger partial charge >= 0.3 is 0 Å². The molecule has 1 aromatic carbocycles. The minimum absolute atomic E-state index is 0.612. The quantitative estimate of drug-likeness (QED) is 0.918. The highest BCUT2D eigenvalue weighted by atomic mass is 35.5. The van der Waals surface area contributed by atoms with Gasteiger partial charge in [0.1, 0.15) is 5.82 Å². The summed E-state index contributed by atoms with van der Waals surface area (Å²) in [5.74, 6) is 2.27. The number of aromatic nitrogens is 2. The summed E-state index contributed by atoms with van der Waals surface area (Å²) in [6, 6.07) is 7.87. The Morgan fingerprint density at radius 2 is 2.00 bits per heavy atom. The van der Waals surface area contributed by atoms with E-state index in [4.69, 9.17) is 16.6 Å². The third-order valence-electron chi connectivity index (χ3n) is 3.43. The van der Waals surface area contributed by atoms with Gasteiger partial charge in [-0.2, -0.15) is 0 Å². The zero-order valence-electron chi connectivity index (χ0n) is 11.1. The zero-order valence-corrected chi connectivity index (χ0v) is 11.8. The lowest BCUT2D eigenvalue weighted by Gasteiger charge is -2.09. The molecule has 0 aliphatic heterocycles. The minimum Gasteiger partial charge on any atom is -0.373 e. The molecule has 1 fully saturated rings. The van der Waals surface area contributed by atoms with Crippen LogP contribution in [-0.4, -0.2) is 17.0 Å². The van der Waals surface area contributed by atoms with Crippen LogP contribution in [0.4, 0.5) is 5.82 Å². The van der Waals surface area contributed by atoms with Crippen LogP contribution >= 0.6 is 11.6 Å². The number of hydrogen-bond acceptors (Lipinski definition) is 3. The average molecular weight is 274 g/mol. The van der Waals surface area contributed by atoms with E-state index in [0.29, 0.717) is 5.92 Å². The van der Waals surface area contributed by atoms with Crippen LogP contribution in [0.15, 0.2) is 24.3 Å². The van der Waals surface area contributed by atoms with Gasteiger partial charge in [0.15, 0.2) is 5.82 Å². The van der Waals surface area contributed by atoms with Gasteiger partial charge in [-0.05, 0) is 43.5 Å². The van der Waals surface area contributed by atoms with Crippen LogP contribution in [-0.2, 0) is 0 Å². The van der Waals surface area contributed by atoms with Crippen LogP contribution in [0.2, 0.25) is 5.02 Å². The normalized spacial score (nSPS) is 14.5. The largest absolute Gasteiger partial charge is 0.373 e. The molecule has 1 aliphatic rings. The predicted molar refractivity (Wildman–Crippen MR) is 78.7 cm³/mol. The van der Waals surface area contributed by atoms with Gasteiger partial charge in [-0.1, -0.05) is 11.6 Å². The molecule has 0 unspecified atom stereocenters. The number of rotatable bonds is 3. The molecule has 98 valence electrons. The van der Waals surface area contributed by atoms with Crippen LogP contribution < -0.4 is 5.32 Å². The minimum atomic E-state index is 0.612. The number of benzene rings is 1. The maximum absolute atomic E-state index is 6.00. The van der Waals surface area contributed by atoms with Crippen molar-refractivity contribution < 1.29 is 0 Å². The van der Waals surface area contributed by atoms with Gasteiger partial charge in [-0.3, -0.25) is 0 Å². The van der Waals surface area contributed by atoms with Crippen molar-refractivity contribution in [3.63, 3.8) is 0 Å². The second-order valence-electron chi connectivity index (χ2n) is 4.99. The first-order valence-electron chi connectivity index (χ1n) is 6.50. The van der Waals surface area contributed by atoms with Crippen LogP contribution in [0.5, 0.6) is 0 Å². The molecular weight excluding hydrogens is 258 g/mol. The highest BCUT2D eigenvalue weighted by molar-refractivity contribution is 6.30. The number of hydrogen-bond donors (Lipinski definition) is 1. The third kappa shape index (κ3) is 2.56. The number of anilines is 1. The van der Waals surface area contributed by atoms with Gasteiger partial charge in [-0.25, -0.2) is 9.97 Å². The van der Waals surface area contributed by atoms with E-state index in [-0.39, 0.29) is 0 Å². The van der Waals surface area contributed by atoms with Crippen LogP contribution in [0.3, 0.4) is 0 Å². The molecule has 0 amide bonds. The van der Waals surface area contributed by atoms with Crippen molar-refractivity contribution >= 4 is 17.4 Å². The van der Waals surface area contributed by atoms with Crippen molar-refractivity contribution in [2.45, 2.75) is 25.7 Å². The Labute approximate surface area is 118 Å². The topological polar surface area (TPSA) is 37.8 Å². The zero-order chi connectivity index (χ0) is 13.4. The van der Waals surface area contributed by atoms with Crippen molar-refractivity contribution in [2.75, 3.05) is 12.4 Å². The molecule has 0 atom stereocenters. The van der Waals surface area contributed by atoms with Crippen LogP contribution in [0.1, 0.15) is 30.0 Å². The molecule has 0 radical (unpaired) electrons. The van der Waals surface area contributed by atoms with E-state index in [2.05, 4.69) is 10.3 Å². The summed E-state index contributed by atoms with van der Waals surface area (Å²) in [6.45, 7) is 2.04. The van der Waals surface area contributed by atoms with Gasteiger partial charge in [0, 0.05) is 35.3 Å². The van der Waals surface area contributed by atoms with Crippen molar-refractivity contribution in [1.82, 2.24) is 9.97 Å². The highest BCUT2D eigenvalue weighted by Gasteiger charge is 2.26. The molecule has 19 heavy (non-hydrogen) atoms. The maximum Gasteiger partial charge on any atom is 0.162 e. The fourth-order valence-corrected chi connectivity index (χ4v) is 2.41. The monoisotopic (exact) mass is 273 g/mol. The molecule has 3 rings (SSSR count). The lowest BCUT2D eigenvalue weighted by atomic mass is 10.1. The van der Waals surface area contributed by atoms with E-state index < -0.39 is 0 Å². The van der Waals surface area contributed by atoms with E-state index in [1.807, 2.05) is 38.2 Å². The van der Waals surface area contributed by atoms with E-state index >= 15 is 0 Å². The molecule has 2 aromatic rings. The van der Waals surface area contributed by atoms with Gasteiger partial charge in [-0.15, -0.1) is 0 Å². The predicted octanol–water partition coefficient (Wildman–Crippen LogP) is 4.02. The number of halogens is 1. The first-order valence-corrected chi connectivity index (χ1v) is 6.88. The van der Waals surface area contributed by atoms with Gasteiger partial charge in [0.2, 0.25) is 0 Å². The lowest BCUT2D eigenvalue weighted by Crippen LogP contribution is -2.01. The van der Waals surface area contributed by atoms with Crippen LogP contribution in [0.25, 0.3) is 11.4 Å². The molecule has 1 heterocycles. The summed E-state index contributed by atoms with van der Waals surface area (Å²) < 4.78 is 0. The highest BCUT2D eigenvalue weighted by Crippen LogP contribution is 2.40. The van der Waals surface area contributed by atoms with Crippen molar-refractivity contribution in [1.29, 1.82) is 0 Å². The number of nitrogens with one attached hydrogen (secondary N) is 1. The molecule has 0 spiro atoms. The fourth-order valence-electron chi connectivity index (χ4n) is 2.18. The Hall–Kier alpha value is -1.61. The van der Waals surface area contributed by atoms with Gasteiger partial charge in [0.05, 0.1) is 0 Å². The summed E-state index contributed by atoms with van der Waals surface area (Å²) in [6.07, 6.45) is 2.47. The molecule has 1 saturated carbocycles. The van der Waals surface area contributed by atoms with E-state index in [0.717, 1.165) is 33.5 Å². The first-order chi connectivity index (χ1) is 9.17. The van der Waals surface area contributed by atoms with E-state index in [1.54, 1.807) is 0 Å². The molecule has 0 bridgehead atoms. The molecule has 1 aliphatic carbocycles. The third-order valence-corrected chi connectivity index (χ3v) is 3.66. The molecule has 4 heteroatoms. The summed E-state index contributed by atoms with van der Waals surface area (Å²) in [5, 5.41) is 3.86. The summed E-state index contributed by atoms with van der Waals surface area (Å²) >= 11 is 6.00. The van der Waals surface area contributed by atoms with E-state index in [1.165, 1.54) is 12.8 Å². The van der Waals surface area contributed by atoms with Crippen molar-refractivity contribution in [3.05, 3.63) is 40.5 Å². The summed E-state index contributed by atoms with van der Waals surface area (Å²) in [5.41, 5.74) is 3.29. The van der Waals surface area contributed by atoms with Crippen LogP contribution in [0, 0.1) is 6.92 Å². The smallest absolute Gasteiger partial charge is 0.162 e. The van der Waals surface area contributed by atoms with E-state index in [9.17, 15) is 0 Å². The van der Waals surface area contributed by atoms with Gasteiger partial charge in [0.25, 0.3) is 0 Å². The number of nitrogens with zero attached hydrogens (tertiary/aromatic N) is 2. The summed E-state index contributed by atoms with van der Waals surface area (Å²) in [7, 11) is 1.89. The lowest BCUT2D eigenvalue weighted by molar-refractivity contribution is 0.993.